The zero-order valence-electron chi connectivity index (χ0n) is 12.4. The fourth-order valence-corrected chi connectivity index (χ4v) is 2.56. The number of nitrogens with one attached hydrogen (secondary N) is 2. The maximum atomic E-state index is 13.5. The summed E-state index contributed by atoms with van der Waals surface area (Å²) in [6.07, 6.45) is 7.01. The van der Waals surface area contributed by atoms with E-state index in [4.69, 9.17) is 0 Å². The first-order chi connectivity index (χ1) is 11.1. The lowest BCUT2D eigenvalue weighted by Crippen LogP contribution is -2.32. The quantitative estimate of drug-likeness (QED) is 0.908. The minimum Gasteiger partial charge on any atom is -0.349 e. The lowest BCUT2D eigenvalue weighted by atomic mass is 10.2. The van der Waals surface area contributed by atoms with E-state index in [1.54, 1.807) is 0 Å². The average molecular weight is 318 g/mol. The average Bonchev–Trinajstić information content (AvgIpc) is 3.04. The van der Waals surface area contributed by atoms with Gasteiger partial charge in [-0.25, -0.2) is 18.7 Å². The second-order valence-electron chi connectivity index (χ2n) is 5.50. The van der Waals surface area contributed by atoms with Crippen molar-refractivity contribution in [1.29, 1.82) is 0 Å². The molecule has 2 aromatic rings. The number of nitrogens with zero attached hydrogens (tertiary/aromatic N) is 2. The highest BCUT2D eigenvalue weighted by Gasteiger charge is 2.18. The van der Waals surface area contributed by atoms with Crippen molar-refractivity contribution in [3.05, 3.63) is 47.8 Å². The van der Waals surface area contributed by atoms with Crippen molar-refractivity contribution in [2.45, 2.75) is 31.7 Å². The van der Waals surface area contributed by atoms with Crippen LogP contribution in [0.4, 0.5) is 20.4 Å². The van der Waals surface area contributed by atoms with E-state index in [-0.39, 0.29) is 23.6 Å². The molecule has 23 heavy (non-hydrogen) atoms. The van der Waals surface area contributed by atoms with Gasteiger partial charge in [-0.3, -0.25) is 4.79 Å². The van der Waals surface area contributed by atoms with Crippen molar-refractivity contribution < 1.29 is 13.6 Å². The number of carbonyl (C=O) groups is 1. The molecule has 1 amide bonds. The third-order valence-corrected chi connectivity index (χ3v) is 3.78. The summed E-state index contributed by atoms with van der Waals surface area (Å²) in [5.74, 6) is -1.48. The van der Waals surface area contributed by atoms with Gasteiger partial charge in [0.2, 0.25) is 5.95 Å². The molecule has 1 aliphatic carbocycles. The Labute approximate surface area is 132 Å². The summed E-state index contributed by atoms with van der Waals surface area (Å²) in [6, 6.07) is 3.38. The lowest BCUT2D eigenvalue weighted by Gasteiger charge is -2.11. The highest BCUT2D eigenvalue weighted by atomic mass is 19.1. The molecule has 0 saturated heterocycles. The molecule has 0 radical (unpaired) electrons. The van der Waals surface area contributed by atoms with Gasteiger partial charge in [0.05, 0.1) is 11.3 Å². The summed E-state index contributed by atoms with van der Waals surface area (Å²) in [4.78, 5) is 20.0. The number of hydrogen-bond donors (Lipinski definition) is 2. The van der Waals surface area contributed by atoms with E-state index < -0.39 is 11.6 Å². The molecule has 1 aromatic heterocycles. The number of amides is 1. The molecule has 2 N–H and O–H groups in total. The Kier molecular flexibility index (Phi) is 4.45. The number of aromatic nitrogens is 2. The highest BCUT2D eigenvalue weighted by molar-refractivity contribution is 5.93. The fourth-order valence-electron chi connectivity index (χ4n) is 2.56. The Hall–Kier alpha value is -2.57. The van der Waals surface area contributed by atoms with Gasteiger partial charge in [-0.2, -0.15) is 0 Å². The first-order valence-corrected chi connectivity index (χ1v) is 7.47. The van der Waals surface area contributed by atoms with Crippen molar-refractivity contribution in [3.8, 4) is 0 Å². The van der Waals surface area contributed by atoms with Gasteiger partial charge in [0.1, 0.15) is 11.6 Å². The zero-order chi connectivity index (χ0) is 16.2. The number of benzene rings is 1. The molecule has 0 unspecified atom stereocenters. The SMILES string of the molecule is O=C(NC1CCCC1)c1cnc(Nc2ccc(F)cc2F)nc1. The molecule has 0 spiro atoms. The van der Waals surface area contributed by atoms with Crippen molar-refractivity contribution in [2.24, 2.45) is 0 Å². The Morgan fingerprint density at radius 2 is 1.83 bits per heavy atom. The van der Waals surface area contributed by atoms with Crippen molar-refractivity contribution in [3.63, 3.8) is 0 Å². The van der Waals surface area contributed by atoms with Crippen molar-refractivity contribution >= 4 is 17.5 Å². The molecule has 1 fully saturated rings. The Balaban J connectivity index is 1.65. The second-order valence-corrected chi connectivity index (χ2v) is 5.50. The molecular formula is C16H16F2N4O. The van der Waals surface area contributed by atoms with E-state index >= 15 is 0 Å². The van der Waals surface area contributed by atoms with Gasteiger partial charge in [0.25, 0.3) is 5.91 Å². The molecule has 0 atom stereocenters. The van der Waals surface area contributed by atoms with E-state index in [0.717, 1.165) is 37.8 Å². The lowest BCUT2D eigenvalue weighted by molar-refractivity contribution is 0.0937. The molecule has 5 nitrogen and oxygen atoms in total. The van der Waals surface area contributed by atoms with Crippen LogP contribution in [0.15, 0.2) is 30.6 Å². The first-order valence-electron chi connectivity index (χ1n) is 7.47. The number of rotatable bonds is 4. The van der Waals surface area contributed by atoms with Gasteiger partial charge in [-0.1, -0.05) is 12.8 Å². The number of carbonyl (C=O) groups excluding carboxylic acids is 1. The van der Waals surface area contributed by atoms with Crippen LogP contribution in [0.2, 0.25) is 0 Å². The molecule has 0 aliphatic heterocycles. The number of hydrogen-bond acceptors (Lipinski definition) is 4. The number of halogens is 2. The number of anilines is 2. The Bertz CT molecular complexity index is 700. The van der Waals surface area contributed by atoms with Crippen molar-refractivity contribution in [2.75, 3.05) is 5.32 Å². The van der Waals surface area contributed by atoms with Gasteiger partial charge in [0, 0.05) is 24.5 Å². The van der Waals surface area contributed by atoms with Gasteiger partial charge in [-0.05, 0) is 25.0 Å². The van der Waals surface area contributed by atoms with Crippen LogP contribution in [0.1, 0.15) is 36.0 Å². The second kappa shape index (κ2) is 6.68. The van der Waals surface area contributed by atoms with Crippen LogP contribution in [-0.4, -0.2) is 21.9 Å². The molecule has 1 aliphatic rings. The zero-order valence-corrected chi connectivity index (χ0v) is 12.4. The minimum absolute atomic E-state index is 0.0644. The Morgan fingerprint density at radius 1 is 1.13 bits per heavy atom. The molecule has 1 saturated carbocycles. The molecule has 7 heteroatoms. The molecule has 1 aromatic carbocycles. The first kappa shape index (κ1) is 15.3. The predicted molar refractivity (Wildman–Crippen MR) is 81.4 cm³/mol. The van der Waals surface area contributed by atoms with Crippen molar-refractivity contribution in [1.82, 2.24) is 15.3 Å². The molecule has 1 heterocycles. The third kappa shape index (κ3) is 3.80. The summed E-state index contributed by atoms with van der Waals surface area (Å²) >= 11 is 0. The van der Waals surface area contributed by atoms with Crippen LogP contribution < -0.4 is 10.6 Å². The van der Waals surface area contributed by atoms with E-state index in [2.05, 4.69) is 20.6 Å². The smallest absolute Gasteiger partial charge is 0.254 e. The minimum atomic E-state index is -0.739. The standard InChI is InChI=1S/C16H16F2N4O/c17-11-5-6-14(13(18)7-11)22-16-19-8-10(9-20-16)15(23)21-12-3-1-2-4-12/h5-9,12H,1-4H2,(H,21,23)(H,19,20,22). The maximum Gasteiger partial charge on any atom is 0.254 e. The largest absolute Gasteiger partial charge is 0.349 e. The monoisotopic (exact) mass is 318 g/mol. The highest BCUT2D eigenvalue weighted by Crippen LogP contribution is 2.19. The van der Waals surface area contributed by atoms with Gasteiger partial charge >= 0.3 is 0 Å². The third-order valence-electron chi connectivity index (χ3n) is 3.78. The molecule has 3 rings (SSSR count). The predicted octanol–water partition coefficient (Wildman–Crippen LogP) is 3.17. The normalized spacial score (nSPS) is 14.7. The van der Waals surface area contributed by atoms with Crippen LogP contribution in [-0.2, 0) is 0 Å². The Morgan fingerprint density at radius 3 is 2.48 bits per heavy atom. The summed E-state index contributed by atoms with van der Waals surface area (Å²) in [5, 5.41) is 5.58. The molecular weight excluding hydrogens is 302 g/mol. The van der Waals surface area contributed by atoms with Crippen LogP contribution in [0.25, 0.3) is 0 Å². The van der Waals surface area contributed by atoms with Gasteiger partial charge in [0.15, 0.2) is 0 Å². The summed E-state index contributed by atoms with van der Waals surface area (Å²) in [7, 11) is 0. The van der Waals surface area contributed by atoms with Gasteiger partial charge in [-0.15, -0.1) is 0 Å². The molecule has 0 bridgehead atoms. The molecule has 120 valence electrons. The maximum absolute atomic E-state index is 13.5. The summed E-state index contributed by atoms with van der Waals surface area (Å²) in [6.45, 7) is 0. The summed E-state index contributed by atoms with van der Waals surface area (Å²) in [5.41, 5.74) is 0.414. The van der Waals surface area contributed by atoms with E-state index in [9.17, 15) is 13.6 Å². The van der Waals surface area contributed by atoms with Gasteiger partial charge < -0.3 is 10.6 Å². The van der Waals surface area contributed by atoms with E-state index in [0.29, 0.717) is 5.56 Å². The van der Waals surface area contributed by atoms with Crippen LogP contribution >= 0.6 is 0 Å². The fraction of sp³-hybridized carbons (Fsp3) is 0.312. The van der Waals surface area contributed by atoms with E-state index in [1.807, 2.05) is 0 Å². The topological polar surface area (TPSA) is 66.9 Å². The van der Waals surface area contributed by atoms with Crippen LogP contribution in [0, 0.1) is 11.6 Å². The van der Waals surface area contributed by atoms with E-state index in [1.165, 1.54) is 18.5 Å². The van der Waals surface area contributed by atoms with Crippen LogP contribution in [0.5, 0.6) is 0 Å². The summed E-state index contributed by atoms with van der Waals surface area (Å²) < 4.78 is 26.4. The van der Waals surface area contributed by atoms with Crippen LogP contribution in [0.3, 0.4) is 0 Å².